The molecule has 4 aliphatic rings. The lowest BCUT2D eigenvalue weighted by molar-refractivity contribution is -0.134. The van der Waals surface area contributed by atoms with Gasteiger partial charge >= 0.3 is 5.97 Å². The molecule has 4 heterocycles. The summed E-state index contributed by atoms with van der Waals surface area (Å²) in [6.45, 7) is 9.11. The van der Waals surface area contributed by atoms with Crippen LogP contribution in [0.2, 0.25) is 0 Å². The molecule has 54 heavy (non-hydrogen) atoms. The van der Waals surface area contributed by atoms with Crippen molar-refractivity contribution in [2.45, 2.75) is 56.4 Å². The predicted molar refractivity (Wildman–Crippen MR) is 216 cm³/mol. The average molecular weight is 713 g/mol. The molecule has 2 spiro atoms. The van der Waals surface area contributed by atoms with Gasteiger partial charge in [0.15, 0.2) is 0 Å². The van der Waals surface area contributed by atoms with Crippen LogP contribution in [0.3, 0.4) is 0 Å². The number of likely N-dealkylation sites (N-methyl/N-ethyl adjacent to an activating group) is 1. The molecule has 6 aromatic rings. The minimum absolute atomic E-state index is 0.130. The molecule has 0 bridgehead atoms. The summed E-state index contributed by atoms with van der Waals surface area (Å²) in [7, 11) is 2.06. The highest BCUT2D eigenvalue weighted by atomic mass is 16.5. The second-order valence-corrected chi connectivity index (χ2v) is 15.8. The van der Waals surface area contributed by atoms with Crippen molar-refractivity contribution < 1.29 is 19.0 Å². The number of aliphatic imine (C=N–C) groups is 2. The highest BCUT2D eigenvalue weighted by Gasteiger charge is 2.60. The van der Waals surface area contributed by atoms with Crippen LogP contribution in [-0.2, 0) is 15.6 Å². The van der Waals surface area contributed by atoms with Gasteiger partial charge in [-0.05, 0) is 86.0 Å². The van der Waals surface area contributed by atoms with Crippen molar-refractivity contribution in [2.75, 3.05) is 23.4 Å². The highest BCUT2D eigenvalue weighted by molar-refractivity contribution is 6.02. The first-order valence-corrected chi connectivity index (χ1v) is 18.5. The van der Waals surface area contributed by atoms with E-state index in [-0.39, 0.29) is 17.8 Å². The number of nitrogens with zero attached hydrogens (tertiary/aromatic N) is 4. The van der Waals surface area contributed by atoms with Gasteiger partial charge in [-0.15, -0.1) is 0 Å². The fourth-order valence-corrected chi connectivity index (χ4v) is 9.25. The van der Waals surface area contributed by atoms with E-state index in [1.54, 1.807) is 0 Å². The molecular formula is C46H40N4O4. The van der Waals surface area contributed by atoms with E-state index in [2.05, 4.69) is 99.1 Å². The fourth-order valence-electron chi connectivity index (χ4n) is 9.25. The second-order valence-electron chi connectivity index (χ2n) is 15.8. The summed E-state index contributed by atoms with van der Waals surface area (Å²) in [4.78, 5) is 28.1. The molecule has 0 aliphatic carbocycles. The highest BCUT2D eigenvalue weighted by Crippen LogP contribution is 2.56. The number of hydrogen-bond acceptors (Lipinski definition) is 8. The number of fused-ring (bicyclic) bond motifs is 8. The zero-order chi connectivity index (χ0) is 37.0. The number of esters is 1. The van der Waals surface area contributed by atoms with Crippen LogP contribution < -0.4 is 24.0 Å². The summed E-state index contributed by atoms with van der Waals surface area (Å²) in [5.41, 5.74) is 3.44. The maximum atomic E-state index is 13.7. The van der Waals surface area contributed by atoms with E-state index in [0.717, 1.165) is 55.6 Å². The average Bonchev–Trinajstić information content (AvgIpc) is 3.46. The number of rotatable bonds is 4. The normalized spacial score (nSPS) is 22.2. The molecule has 0 amide bonds. The van der Waals surface area contributed by atoms with Crippen LogP contribution in [0, 0.1) is 0 Å². The topological polar surface area (TPSA) is 76.0 Å². The van der Waals surface area contributed by atoms with Gasteiger partial charge in [0, 0.05) is 35.7 Å². The third-order valence-corrected chi connectivity index (χ3v) is 12.3. The Labute approximate surface area is 314 Å². The molecule has 4 aliphatic heterocycles. The SMILES string of the molecule is CN1c2ccccc2C(C)(C)C12C=Nc1c(ccc3ccc(OC(=O)CCN4c5ccccc5C(C)(C)C45C=Nc4c(ccc6ccccc46)O5)cc13)O2. The Morgan fingerprint density at radius 3 is 1.94 bits per heavy atom. The van der Waals surface area contributed by atoms with Crippen LogP contribution in [0.25, 0.3) is 21.5 Å². The number of carbonyl (C=O) groups is 1. The number of hydrogen-bond donors (Lipinski definition) is 0. The Hall–Kier alpha value is -6.15. The van der Waals surface area contributed by atoms with Crippen LogP contribution >= 0.6 is 0 Å². The van der Waals surface area contributed by atoms with E-state index in [1.165, 1.54) is 5.56 Å². The maximum Gasteiger partial charge on any atom is 0.312 e. The lowest BCUT2D eigenvalue weighted by Gasteiger charge is -2.46. The van der Waals surface area contributed by atoms with Crippen LogP contribution in [0.1, 0.15) is 45.2 Å². The van der Waals surface area contributed by atoms with Gasteiger partial charge in [0.25, 0.3) is 0 Å². The number of ether oxygens (including phenoxy) is 3. The van der Waals surface area contributed by atoms with Crippen molar-refractivity contribution in [2.24, 2.45) is 9.98 Å². The molecule has 268 valence electrons. The molecule has 8 nitrogen and oxygen atoms in total. The van der Waals surface area contributed by atoms with Crippen LogP contribution in [0.15, 0.2) is 125 Å². The van der Waals surface area contributed by atoms with E-state index in [1.807, 2.05) is 73.1 Å². The van der Waals surface area contributed by atoms with Crippen molar-refractivity contribution >= 4 is 62.7 Å². The van der Waals surface area contributed by atoms with E-state index >= 15 is 0 Å². The summed E-state index contributed by atoms with van der Waals surface area (Å²) in [6, 6.07) is 38.7. The summed E-state index contributed by atoms with van der Waals surface area (Å²) >= 11 is 0. The van der Waals surface area contributed by atoms with Crippen molar-refractivity contribution in [1.29, 1.82) is 0 Å². The quantitative estimate of drug-likeness (QED) is 0.134. The molecule has 2 atom stereocenters. The van der Waals surface area contributed by atoms with Gasteiger partial charge in [-0.25, -0.2) is 0 Å². The molecule has 0 aromatic heterocycles. The molecular weight excluding hydrogens is 673 g/mol. The molecule has 0 radical (unpaired) electrons. The molecule has 6 aromatic carbocycles. The third kappa shape index (κ3) is 4.28. The van der Waals surface area contributed by atoms with E-state index < -0.39 is 16.9 Å². The van der Waals surface area contributed by atoms with Crippen LogP contribution in [-0.4, -0.2) is 43.4 Å². The van der Waals surface area contributed by atoms with E-state index in [4.69, 9.17) is 24.2 Å². The van der Waals surface area contributed by atoms with Gasteiger partial charge in [-0.2, -0.15) is 0 Å². The lowest BCUT2D eigenvalue weighted by Crippen LogP contribution is -2.62. The van der Waals surface area contributed by atoms with Crippen molar-refractivity contribution in [1.82, 2.24) is 0 Å². The molecule has 0 fully saturated rings. The Morgan fingerprint density at radius 1 is 0.648 bits per heavy atom. The minimum atomic E-state index is -0.951. The summed E-state index contributed by atoms with van der Waals surface area (Å²) < 4.78 is 20.0. The van der Waals surface area contributed by atoms with Crippen molar-refractivity contribution in [3.05, 3.63) is 126 Å². The number of benzene rings is 6. The maximum absolute atomic E-state index is 13.7. The van der Waals surface area contributed by atoms with Gasteiger partial charge in [-0.1, -0.05) is 78.9 Å². The first kappa shape index (κ1) is 32.5. The number of para-hydroxylation sites is 2. The smallest absolute Gasteiger partial charge is 0.312 e. The molecule has 0 N–H and O–H groups in total. The van der Waals surface area contributed by atoms with E-state index in [9.17, 15) is 4.79 Å². The van der Waals surface area contributed by atoms with Gasteiger partial charge in [0.05, 0.1) is 29.7 Å². The Bertz CT molecular complexity index is 2630. The number of anilines is 2. The monoisotopic (exact) mass is 712 g/mol. The largest absolute Gasteiger partial charge is 0.459 e. The zero-order valence-corrected chi connectivity index (χ0v) is 31.0. The zero-order valence-electron chi connectivity index (χ0n) is 31.0. The Kier molecular flexibility index (Phi) is 6.73. The molecule has 8 heteroatoms. The molecule has 0 saturated carbocycles. The number of carbonyl (C=O) groups excluding carboxylic acids is 1. The van der Waals surface area contributed by atoms with Crippen LogP contribution in [0.4, 0.5) is 22.7 Å². The Morgan fingerprint density at radius 2 is 1.20 bits per heavy atom. The third-order valence-electron chi connectivity index (χ3n) is 12.3. The van der Waals surface area contributed by atoms with Crippen LogP contribution in [0.5, 0.6) is 17.2 Å². The van der Waals surface area contributed by atoms with Crippen molar-refractivity contribution in [3.63, 3.8) is 0 Å². The van der Waals surface area contributed by atoms with Gasteiger partial charge in [0.2, 0.25) is 11.4 Å². The molecule has 0 saturated heterocycles. The summed E-state index contributed by atoms with van der Waals surface area (Å²) in [5.74, 6) is 1.51. The van der Waals surface area contributed by atoms with E-state index in [0.29, 0.717) is 18.0 Å². The van der Waals surface area contributed by atoms with Crippen molar-refractivity contribution in [3.8, 4) is 17.2 Å². The fraction of sp³-hybridized carbons (Fsp3) is 0.239. The predicted octanol–water partition coefficient (Wildman–Crippen LogP) is 9.80. The molecule has 2 unspecified atom stereocenters. The van der Waals surface area contributed by atoms with Gasteiger partial charge in [-0.3, -0.25) is 14.8 Å². The minimum Gasteiger partial charge on any atom is -0.459 e. The summed E-state index contributed by atoms with van der Waals surface area (Å²) in [6.07, 6.45) is 3.98. The lowest BCUT2D eigenvalue weighted by atomic mass is 9.77. The second kappa shape index (κ2) is 11.2. The standard InChI is InChI=1S/C46H40N4O4/c1-43(2)34-14-8-10-16-36(34)49(5)45(43)27-47-42-33-26-31(21-18-30(33)20-23-39(42)53-45)52-40(51)24-25-50-37-17-11-9-15-35(37)44(3,4)46(50)28-48-41-32-13-7-6-12-29(32)19-22-38(41)54-46/h6-23,26-28H,24-25H2,1-5H3. The van der Waals surface area contributed by atoms with Gasteiger partial charge in [0.1, 0.15) is 28.6 Å². The molecule has 10 rings (SSSR count). The first-order chi connectivity index (χ1) is 26.0. The van der Waals surface area contributed by atoms with Gasteiger partial charge < -0.3 is 24.0 Å². The first-order valence-electron chi connectivity index (χ1n) is 18.5. The summed E-state index contributed by atoms with van der Waals surface area (Å²) in [5, 5.41) is 3.98. The Balaban J connectivity index is 0.927.